The van der Waals surface area contributed by atoms with Crippen molar-refractivity contribution in [2.75, 3.05) is 18.0 Å². The predicted molar refractivity (Wildman–Crippen MR) is 99.1 cm³/mol. The zero-order chi connectivity index (χ0) is 17.7. The average Bonchev–Trinajstić information content (AvgIpc) is 3.07. The molecule has 25 heavy (non-hydrogen) atoms. The minimum Gasteiger partial charge on any atom is -0.352 e. The van der Waals surface area contributed by atoms with Gasteiger partial charge >= 0.3 is 0 Å². The Balaban J connectivity index is 1.51. The van der Waals surface area contributed by atoms with Crippen molar-refractivity contribution in [1.29, 1.82) is 0 Å². The third-order valence-corrected chi connectivity index (χ3v) is 5.69. The van der Waals surface area contributed by atoms with E-state index in [9.17, 15) is 9.59 Å². The summed E-state index contributed by atoms with van der Waals surface area (Å²) < 4.78 is 0. The fourth-order valence-corrected chi connectivity index (χ4v) is 4.07. The first-order chi connectivity index (χ1) is 12.1. The smallest absolute Gasteiger partial charge is 0.227 e. The quantitative estimate of drug-likeness (QED) is 0.834. The Bertz CT molecular complexity index is 606. The monoisotopic (exact) mass is 343 g/mol. The Labute approximate surface area is 150 Å². The number of benzene rings is 1. The average molecular weight is 343 g/mol. The highest BCUT2D eigenvalue weighted by Gasteiger charge is 2.32. The van der Waals surface area contributed by atoms with Crippen molar-refractivity contribution in [3.63, 3.8) is 0 Å². The molecule has 1 saturated carbocycles. The molecule has 0 spiro atoms. The van der Waals surface area contributed by atoms with Crippen LogP contribution in [-0.2, 0) is 16.1 Å². The van der Waals surface area contributed by atoms with Gasteiger partial charge in [-0.3, -0.25) is 9.59 Å². The Hall–Kier alpha value is -1.88. The highest BCUT2D eigenvalue weighted by atomic mass is 16.2. The number of nitrogens with two attached hydrogens (primary N) is 1. The molecule has 2 aliphatic rings. The first-order valence-corrected chi connectivity index (χ1v) is 9.48. The minimum atomic E-state index is 0.00229. The van der Waals surface area contributed by atoms with Crippen molar-refractivity contribution in [1.82, 2.24) is 5.32 Å². The van der Waals surface area contributed by atoms with Crippen LogP contribution in [0.5, 0.6) is 0 Å². The Morgan fingerprint density at radius 1 is 1.12 bits per heavy atom. The maximum Gasteiger partial charge on any atom is 0.227 e. The SMILES string of the molecule is NCC1(CC(=O)NCc2ccc(N3CCCC3=O)cc2)CCCCC1. The van der Waals surface area contributed by atoms with Gasteiger partial charge in [0.15, 0.2) is 0 Å². The van der Waals surface area contributed by atoms with Gasteiger partial charge < -0.3 is 16.0 Å². The molecule has 0 bridgehead atoms. The molecule has 1 aliphatic carbocycles. The lowest BCUT2D eigenvalue weighted by atomic mass is 9.71. The fraction of sp³-hybridized carbons (Fsp3) is 0.600. The number of amides is 2. The molecule has 0 unspecified atom stereocenters. The summed E-state index contributed by atoms with van der Waals surface area (Å²) in [6.07, 6.45) is 7.85. The first-order valence-electron chi connectivity index (χ1n) is 9.48. The third-order valence-electron chi connectivity index (χ3n) is 5.69. The van der Waals surface area contributed by atoms with Gasteiger partial charge in [-0.25, -0.2) is 0 Å². The molecule has 5 heteroatoms. The summed E-state index contributed by atoms with van der Waals surface area (Å²) in [5, 5.41) is 3.03. The van der Waals surface area contributed by atoms with E-state index >= 15 is 0 Å². The maximum atomic E-state index is 12.3. The summed E-state index contributed by atoms with van der Waals surface area (Å²) in [7, 11) is 0. The Kier molecular flexibility index (Phi) is 5.74. The summed E-state index contributed by atoms with van der Waals surface area (Å²) >= 11 is 0. The van der Waals surface area contributed by atoms with Crippen LogP contribution < -0.4 is 16.0 Å². The van der Waals surface area contributed by atoms with Crippen molar-refractivity contribution in [3.8, 4) is 0 Å². The van der Waals surface area contributed by atoms with E-state index in [0.717, 1.165) is 37.1 Å². The maximum absolute atomic E-state index is 12.3. The van der Waals surface area contributed by atoms with Crippen LogP contribution in [0.15, 0.2) is 24.3 Å². The molecule has 2 amide bonds. The molecule has 2 fully saturated rings. The van der Waals surface area contributed by atoms with E-state index in [0.29, 0.717) is 25.9 Å². The normalized spacial score (nSPS) is 19.9. The van der Waals surface area contributed by atoms with Crippen molar-refractivity contribution in [3.05, 3.63) is 29.8 Å². The van der Waals surface area contributed by atoms with Crippen LogP contribution in [0.25, 0.3) is 0 Å². The molecule has 0 atom stereocenters. The van der Waals surface area contributed by atoms with Gasteiger partial charge in [-0.15, -0.1) is 0 Å². The van der Waals surface area contributed by atoms with Gasteiger partial charge in [0, 0.05) is 31.6 Å². The fourth-order valence-electron chi connectivity index (χ4n) is 4.07. The molecule has 136 valence electrons. The minimum absolute atomic E-state index is 0.00229. The molecule has 3 rings (SSSR count). The van der Waals surface area contributed by atoms with E-state index in [-0.39, 0.29) is 17.2 Å². The number of carbonyl (C=O) groups excluding carboxylic acids is 2. The molecule has 1 aromatic carbocycles. The van der Waals surface area contributed by atoms with Crippen molar-refractivity contribution < 1.29 is 9.59 Å². The molecule has 5 nitrogen and oxygen atoms in total. The first kappa shape index (κ1) is 17.9. The summed E-state index contributed by atoms with van der Waals surface area (Å²) in [6.45, 7) is 1.92. The summed E-state index contributed by atoms with van der Waals surface area (Å²) in [5.74, 6) is 0.284. The molecule has 0 aromatic heterocycles. The number of nitrogens with zero attached hydrogens (tertiary/aromatic N) is 1. The van der Waals surface area contributed by atoms with Crippen LogP contribution in [-0.4, -0.2) is 24.9 Å². The number of nitrogens with one attached hydrogen (secondary N) is 1. The zero-order valence-corrected chi connectivity index (χ0v) is 14.9. The van der Waals surface area contributed by atoms with Gasteiger partial charge in [0.25, 0.3) is 0 Å². The van der Waals surface area contributed by atoms with Crippen LogP contribution in [0, 0.1) is 5.41 Å². The van der Waals surface area contributed by atoms with Gasteiger partial charge in [0.05, 0.1) is 0 Å². The van der Waals surface area contributed by atoms with E-state index in [1.807, 2.05) is 29.2 Å². The lowest BCUT2D eigenvalue weighted by Gasteiger charge is -2.35. The molecule has 1 heterocycles. The van der Waals surface area contributed by atoms with E-state index in [4.69, 9.17) is 5.73 Å². The summed E-state index contributed by atoms with van der Waals surface area (Å²) in [4.78, 5) is 26.0. The van der Waals surface area contributed by atoms with Crippen LogP contribution in [0.3, 0.4) is 0 Å². The molecule has 1 aromatic rings. The van der Waals surface area contributed by atoms with Gasteiger partial charge in [-0.2, -0.15) is 0 Å². The third kappa shape index (κ3) is 4.40. The van der Waals surface area contributed by atoms with Crippen LogP contribution in [0.1, 0.15) is 56.9 Å². The van der Waals surface area contributed by atoms with Gasteiger partial charge in [0.1, 0.15) is 0 Å². The van der Waals surface area contributed by atoms with Crippen molar-refractivity contribution in [2.24, 2.45) is 11.1 Å². The molecule has 1 saturated heterocycles. The Morgan fingerprint density at radius 2 is 1.84 bits per heavy atom. The predicted octanol–water partition coefficient (Wildman–Crippen LogP) is 2.73. The standard InChI is InChI=1S/C20H29N3O2/c21-15-20(10-2-1-3-11-20)13-18(24)22-14-16-6-8-17(9-7-16)23-12-4-5-19(23)25/h6-9H,1-5,10-15,21H2,(H,22,24). The van der Waals surface area contributed by atoms with E-state index in [2.05, 4.69) is 5.32 Å². The van der Waals surface area contributed by atoms with Gasteiger partial charge in [0.2, 0.25) is 11.8 Å². The molecular formula is C20H29N3O2. The lowest BCUT2D eigenvalue weighted by Crippen LogP contribution is -2.38. The largest absolute Gasteiger partial charge is 0.352 e. The Morgan fingerprint density at radius 3 is 2.44 bits per heavy atom. The van der Waals surface area contributed by atoms with Crippen LogP contribution >= 0.6 is 0 Å². The summed E-state index contributed by atoms with van der Waals surface area (Å²) in [6, 6.07) is 7.90. The number of anilines is 1. The van der Waals surface area contributed by atoms with E-state index < -0.39 is 0 Å². The van der Waals surface area contributed by atoms with Crippen molar-refractivity contribution in [2.45, 2.75) is 57.9 Å². The van der Waals surface area contributed by atoms with Crippen LogP contribution in [0.2, 0.25) is 0 Å². The molecule has 3 N–H and O–H groups in total. The van der Waals surface area contributed by atoms with Gasteiger partial charge in [-0.1, -0.05) is 31.4 Å². The second-order valence-electron chi connectivity index (χ2n) is 7.53. The molecule has 1 aliphatic heterocycles. The van der Waals surface area contributed by atoms with Gasteiger partial charge in [-0.05, 0) is 48.9 Å². The summed E-state index contributed by atoms with van der Waals surface area (Å²) in [5.41, 5.74) is 7.97. The number of rotatable bonds is 6. The lowest BCUT2D eigenvalue weighted by molar-refractivity contribution is -0.124. The number of carbonyl (C=O) groups is 2. The van der Waals surface area contributed by atoms with E-state index in [1.165, 1.54) is 19.3 Å². The zero-order valence-electron chi connectivity index (χ0n) is 14.9. The highest BCUT2D eigenvalue weighted by Crippen LogP contribution is 2.38. The molecule has 0 radical (unpaired) electrons. The van der Waals surface area contributed by atoms with E-state index in [1.54, 1.807) is 0 Å². The number of hydrogen-bond donors (Lipinski definition) is 2. The topological polar surface area (TPSA) is 75.4 Å². The molecular weight excluding hydrogens is 314 g/mol. The van der Waals surface area contributed by atoms with Crippen LogP contribution in [0.4, 0.5) is 5.69 Å². The van der Waals surface area contributed by atoms with Crippen molar-refractivity contribution >= 4 is 17.5 Å². The highest BCUT2D eigenvalue weighted by molar-refractivity contribution is 5.95. The number of hydrogen-bond acceptors (Lipinski definition) is 3. The second-order valence-corrected chi connectivity index (χ2v) is 7.53. The second kappa shape index (κ2) is 8.00.